The number of sulfone groups is 1. The molecule has 0 radical (unpaired) electrons. The Morgan fingerprint density at radius 3 is 2.49 bits per heavy atom. The van der Waals surface area contributed by atoms with Crippen LogP contribution in [0.3, 0.4) is 0 Å². The molecule has 0 aliphatic carbocycles. The predicted molar refractivity (Wildman–Crippen MR) is 150 cm³/mol. The highest BCUT2D eigenvalue weighted by molar-refractivity contribution is 7.92. The van der Waals surface area contributed by atoms with Crippen molar-refractivity contribution in [3.05, 3.63) is 59.9 Å². The Labute approximate surface area is 229 Å². The lowest BCUT2D eigenvalue weighted by molar-refractivity contribution is 0.102. The first-order valence-corrected chi connectivity index (χ1v) is 14.7. The highest BCUT2D eigenvalue weighted by Crippen LogP contribution is 2.35. The van der Waals surface area contributed by atoms with Crippen molar-refractivity contribution in [2.24, 2.45) is 11.3 Å². The van der Waals surface area contributed by atoms with Gasteiger partial charge in [0.2, 0.25) is 9.84 Å². The molecule has 0 bridgehead atoms. The molecule has 1 fully saturated rings. The second kappa shape index (κ2) is 11.3. The van der Waals surface area contributed by atoms with Crippen LogP contribution in [0, 0.1) is 17.2 Å². The number of ether oxygens (including phenoxy) is 1. The molecule has 10 heteroatoms. The standard InChI is InChI=1S/C29H35FN4O4S/c1-19(2)17-38-22-15-20(14-21(30)16-22)24-9-8-23(28(32-24)34-12-10-29(3,4)11-13-34)25(35)18-39(36,37)27-7-5-6-26(31)33-27/h5-9,14-16,19H,10-13,17-18H2,1-4H3,(H2,31,33). The van der Waals surface area contributed by atoms with Gasteiger partial charge in [0.25, 0.3) is 0 Å². The minimum Gasteiger partial charge on any atom is -0.493 e. The van der Waals surface area contributed by atoms with Crippen molar-refractivity contribution < 1.29 is 22.3 Å². The smallest absolute Gasteiger partial charge is 0.203 e. The van der Waals surface area contributed by atoms with Crippen LogP contribution in [-0.4, -0.2) is 49.6 Å². The summed E-state index contributed by atoms with van der Waals surface area (Å²) in [7, 11) is -4.04. The Kier molecular flexibility index (Phi) is 8.25. The Morgan fingerprint density at radius 2 is 1.82 bits per heavy atom. The summed E-state index contributed by atoms with van der Waals surface area (Å²) in [6.45, 7) is 10.1. The van der Waals surface area contributed by atoms with Gasteiger partial charge in [-0.1, -0.05) is 33.8 Å². The average Bonchev–Trinajstić information content (AvgIpc) is 2.86. The van der Waals surface area contributed by atoms with Crippen molar-refractivity contribution in [2.75, 3.05) is 36.1 Å². The minimum atomic E-state index is -4.04. The number of ketones is 1. The van der Waals surface area contributed by atoms with E-state index in [9.17, 15) is 17.6 Å². The number of benzene rings is 1. The third-order valence-corrected chi connectivity index (χ3v) is 8.23. The first kappa shape index (κ1) is 28.5. The SMILES string of the molecule is CC(C)COc1cc(F)cc(-c2ccc(C(=O)CS(=O)(=O)c3cccc(N)n3)c(N3CCC(C)(C)CC3)n2)c1. The number of rotatable bonds is 9. The lowest BCUT2D eigenvalue weighted by atomic mass is 9.82. The molecule has 3 aromatic rings. The molecule has 2 aromatic heterocycles. The Bertz CT molecular complexity index is 1460. The molecule has 1 saturated heterocycles. The fourth-order valence-electron chi connectivity index (χ4n) is 4.38. The van der Waals surface area contributed by atoms with E-state index in [0.717, 1.165) is 12.8 Å². The topological polar surface area (TPSA) is 115 Å². The van der Waals surface area contributed by atoms with Gasteiger partial charge in [0, 0.05) is 24.7 Å². The van der Waals surface area contributed by atoms with Crippen LogP contribution in [0.2, 0.25) is 0 Å². The molecule has 208 valence electrons. The molecular weight excluding hydrogens is 519 g/mol. The molecule has 0 atom stereocenters. The number of aromatic nitrogens is 2. The maximum Gasteiger partial charge on any atom is 0.203 e. The number of nitrogen functional groups attached to an aromatic ring is 1. The van der Waals surface area contributed by atoms with E-state index >= 15 is 0 Å². The quantitative estimate of drug-likeness (QED) is 0.360. The van der Waals surface area contributed by atoms with Gasteiger partial charge in [-0.25, -0.2) is 22.8 Å². The molecule has 2 N–H and O–H groups in total. The van der Waals surface area contributed by atoms with Gasteiger partial charge in [0.1, 0.15) is 29.0 Å². The van der Waals surface area contributed by atoms with Crippen LogP contribution in [0.4, 0.5) is 16.0 Å². The van der Waals surface area contributed by atoms with E-state index in [1.807, 2.05) is 18.7 Å². The molecule has 4 rings (SSSR count). The van der Waals surface area contributed by atoms with Crippen molar-refractivity contribution in [1.29, 1.82) is 0 Å². The van der Waals surface area contributed by atoms with Gasteiger partial charge in [0.15, 0.2) is 10.8 Å². The van der Waals surface area contributed by atoms with Crippen LogP contribution in [0.5, 0.6) is 5.75 Å². The molecule has 0 amide bonds. The maximum absolute atomic E-state index is 14.5. The number of halogens is 1. The summed E-state index contributed by atoms with van der Waals surface area (Å²) < 4.78 is 46.2. The number of carbonyl (C=O) groups excluding carboxylic acids is 1. The van der Waals surface area contributed by atoms with E-state index in [1.54, 1.807) is 18.2 Å². The van der Waals surface area contributed by atoms with Crippen molar-refractivity contribution in [3.63, 3.8) is 0 Å². The van der Waals surface area contributed by atoms with Gasteiger partial charge in [-0.05, 0) is 60.6 Å². The molecule has 39 heavy (non-hydrogen) atoms. The van der Waals surface area contributed by atoms with Crippen LogP contribution in [0.1, 0.15) is 50.9 Å². The number of piperidine rings is 1. The number of nitrogens with two attached hydrogens (primary N) is 1. The van der Waals surface area contributed by atoms with Crippen molar-refractivity contribution in [2.45, 2.75) is 45.6 Å². The zero-order chi connectivity index (χ0) is 28.4. The number of pyridine rings is 2. The van der Waals surface area contributed by atoms with E-state index in [-0.39, 0.29) is 27.7 Å². The molecule has 0 saturated carbocycles. The third-order valence-electron chi connectivity index (χ3n) is 6.73. The maximum atomic E-state index is 14.5. The summed E-state index contributed by atoms with van der Waals surface area (Å²) in [5, 5.41) is -0.254. The highest BCUT2D eigenvalue weighted by atomic mass is 32.2. The predicted octanol–water partition coefficient (Wildman–Crippen LogP) is 5.18. The molecule has 0 spiro atoms. The third kappa shape index (κ3) is 7.11. The normalized spacial score (nSPS) is 15.4. The second-order valence-electron chi connectivity index (χ2n) is 11.2. The molecule has 1 aliphatic heterocycles. The number of carbonyl (C=O) groups is 1. The number of anilines is 2. The van der Waals surface area contributed by atoms with Gasteiger partial charge < -0.3 is 15.4 Å². The molecule has 1 aromatic carbocycles. The number of nitrogens with zero attached hydrogens (tertiary/aromatic N) is 3. The van der Waals surface area contributed by atoms with E-state index in [4.69, 9.17) is 15.5 Å². The Balaban J connectivity index is 1.71. The van der Waals surface area contributed by atoms with E-state index in [0.29, 0.717) is 42.5 Å². The molecular formula is C29H35FN4O4S. The number of Topliss-reactive ketones (excluding diaryl/α,β-unsaturated/α-hetero) is 1. The van der Waals surface area contributed by atoms with Crippen LogP contribution in [0.25, 0.3) is 11.3 Å². The first-order valence-electron chi connectivity index (χ1n) is 13.0. The monoisotopic (exact) mass is 554 g/mol. The summed E-state index contributed by atoms with van der Waals surface area (Å²) in [6.07, 6.45) is 1.76. The lowest BCUT2D eigenvalue weighted by Gasteiger charge is -2.38. The lowest BCUT2D eigenvalue weighted by Crippen LogP contribution is -2.38. The zero-order valence-corrected chi connectivity index (χ0v) is 23.6. The van der Waals surface area contributed by atoms with Crippen LogP contribution < -0.4 is 15.4 Å². The summed E-state index contributed by atoms with van der Waals surface area (Å²) in [6, 6.07) is 11.9. The van der Waals surface area contributed by atoms with Crippen molar-refractivity contribution in [3.8, 4) is 17.0 Å². The number of hydrogen-bond acceptors (Lipinski definition) is 8. The van der Waals surface area contributed by atoms with E-state index in [1.165, 1.54) is 30.3 Å². The van der Waals surface area contributed by atoms with Gasteiger partial charge in [-0.2, -0.15) is 0 Å². The summed E-state index contributed by atoms with van der Waals surface area (Å²) >= 11 is 0. The van der Waals surface area contributed by atoms with E-state index < -0.39 is 27.2 Å². The molecule has 3 heterocycles. The van der Waals surface area contributed by atoms with Crippen molar-refractivity contribution in [1.82, 2.24) is 9.97 Å². The summed E-state index contributed by atoms with van der Waals surface area (Å²) in [5.41, 5.74) is 6.95. The van der Waals surface area contributed by atoms with Gasteiger partial charge in [-0.15, -0.1) is 0 Å². The van der Waals surface area contributed by atoms with Gasteiger partial charge in [0.05, 0.1) is 17.9 Å². The largest absolute Gasteiger partial charge is 0.493 e. The fraction of sp³-hybridized carbons (Fsp3) is 0.414. The molecule has 8 nitrogen and oxygen atoms in total. The average molecular weight is 555 g/mol. The first-order chi connectivity index (χ1) is 18.3. The minimum absolute atomic E-state index is 0.0537. The van der Waals surface area contributed by atoms with Crippen LogP contribution in [0.15, 0.2) is 53.6 Å². The zero-order valence-electron chi connectivity index (χ0n) is 22.8. The second-order valence-corrected chi connectivity index (χ2v) is 13.1. The Hall–Kier alpha value is -3.53. The van der Waals surface area contributed by atoms with Gasteiger partial charge >= 0.3 is 0 Å². The van der Waals surface area contributed by atoms with Crippen molar-refractivity contribution >= 4 is 27.3 Å². The highest BCUT2D eigenvalue weighted by Gasteiger charge is 2.30. The number of hydrogen-bond donors (Lipinski definition) is 1. The van der Waals surface area contributed by atoms with E-state index in [2.05, 4.69) is 18.8 Å². The molecule has 0 unspecified atom stereocenters. The van der Waals surface area contributed by atoms with Crippen LogP contribution >= 0.6 is 0 Å². The van der Waals surface area contributed by atoms with Gasteiger partial charge in [-0.3, -0.25) is 4.79 Å². The summed E-state index contributed by atoms with van der Waals surface area (Å²) in [5.74, 6) is -0.732. The van der Waals surface area contributed by atoms with Crippen LogP contribution in [-0.2, 0) is 9.84 Å². The fourth-order valence-corrected chi connectivity index (χ4v) is 5.56. The Morgan fingerprint density at radius 1 is 1.10 bits per heavy atom. The summed E-state index contributed by atoms with van der Waals surface area (Å²) in [4.78, 5) is 24.1. The molecule has 1 aliphatic rings.